The maximum atomic E-state index is 12.7. The summed E-state index contributed by atoms with van der Waals surface area (Å²) in [5, 5.41) is 13.0. The van der Waals surface area contributed by atoms with Crippen molar-refractivity contribution in [1.82, 2.24) is 4.98 Å². The van der Waals surface area contributed by atoms with Gasteiger partial charge in [0.25, 0.3) is 5.69 Å². The summed E-state index contributed by atoms with van der Waals surface area (Å²) in [6.07, 6.45) is 0.0196. The average molecular weight is 435 g/mol. The van der Waals surface area contributed by atoms with Gasteiger partial charge < -0.3 is 14.7 Å². The van der Waals surface area contributed by atoms with Crippen LogP contribution in [0.1, 0.15) is 28.7 Å². The van der Waals surface area contributed by atoms with Crippen molar-refractivity contribution in [3.63, 3.8) is 0 Å². The Morgan fingerprint density at radius 3 is 2.41 bits per heavy atom. The van der Waals surface area contributed by atoms with E-state index in [2.05, 4.69) is 4.98 Å². The Morgan fingerprint density at radius 1 is 1.14 bits per heavy atom. The minimum atomic E-state index is -0.529. The van der Waals surface area contributed by atoms with Gasteiger partial charge in [-0.25, -0.2) is 4.98 Å². The summed E-state index contributed by atoms with van der Waals surface area (Å²) >= 11 is 11.9. The van der Waals surface area contributed by atoms with Crippen LogP contribution >= 0.6 is 23.2 Å². The Morgan fingerprint density at radius 2 is 1.79 bits per heavy atom. The molecule has 0 aliphatic carbocycles. The number of Topliss-reactive ketones (excluding diaryl/α,β-unsaturated/α-hetero) is 1. The third kappa shape index (κ3) is 4.58. The maximum Gasteiger partial charge on any atom is 0.310 e. The van der Waals surface area contributed by atoms with E-state index in [9.17, 15) is 14.8 Å². The summed E-state index contributed by atoms with van der Waals surface area (Å²) in [6.45, 7) is 0.903. The Balaban J connectivity index is 1.84. The normalized spacial score (nSPS) is 10.8. The molecule has 3 aromatic rings. The van der Waals surface area contributed by atoms with Crippen LogP contribution in [0.15, 0.2) is 36.4 Å². The number of nitrogens with zero attached hydrogens (tertiary/aromatic N) is 2. The summed E-state index contributed by atoms with van der Waals surface area (Å²) in [5.74, 6) is -0.368. The first-order valence-electron chi connectivity index (χ1n) is 8.51. The van der Waals surface area contributed by atoms with Crippen molar-refractivity contribution in [2.45, 2.75) is 20.0 Å². The zero-order valence-corrected chi connectivity index (χ0v) is 17.1. The van der Waals surface area contributed by atoms with Gasteiger partial charge in [0, 0.05) is 13.0 Å². The highest BCUT2D eigenvalue weighted by atomic mass is 35.5. The fourth-order valence-electron chi connectivity index (χ4n) is 2.77. The number of ether oxygens (including phenoxy) is 2. The molecule has 9 heteroatoms. The van der Waals surface area contributed by atoms with Crippen molar-refractivity contribution < 1.29 is 23.8 Å². The number of benzene rings is 2. The van der Waals surface area contributed by atoms with Crippen molar-refractivity contribution in [1.29, 1.82) is 0 Å². The van der Waals surface area contributed by atoms with Gasteiger partial charge in [0.2, 0.25) is 11.3 Å². The number of hydrogen-bond donors (Lipinski definition) is 0. The molecule has 0 radical (unpaired) electrons. The second kappa shape index (κ2) is 8.63. The number of carbonyl (C=O) groups excluding carboxylic acids is 2. The Bertz CT molecular complexity index is 1100. The quantitative estimate of drug-likeness (QED) is 0.254. The summed E-state index contributed by atoms with van der Waals surface area (Å²) in [6, 6.07) is 9.71. The van der Waals surface area contributed by atoms with Crippen molar-refractivity contribution in [3.8, 4) is 5.75 Å². The van der Waals surface area contributed by atoms with Gasteiger partial charge in [0.15, 0.2) is 5.69 Å². The second-order valence-electron chi connectivity index (χ2n) is 6.20. The topological polar surface area (TPSA) is 92.4 Å². The molecule has 150 valence electrons. The molecule has 0 unspecified atom stereocenters. The van der Waals surface area contributed by atoms with E-state index in [1.54, 1.807) is 31.4 Å². The smallest absolute Gasteiger partial charge is 0.310 e. The molecule has 0 spiro atoms. The molecule has 0 bridgehead atoms. The molecular weight excluding hydrogens is 419 g/mol. The summed E-state index contributed by atoms with van der Waals surface area (Å²) in [5.41, 5.74) is 0.891. The highest BCUT2D eigenvalue weighted by Gasteiger charge is 2.25. The van der Waals surface area contributed by atoms with E-state index < -0.39 is 11.8 Å². The van der Waals surface area contributed by atoms with Gasteiger partial charge in [-0.05, 0) is 23.8 Å². The largest absolute Gasteiger partial charge is 0.618 e. The third-order valence-corrected chi connectivity index (χ3v) is 4.90. The summed E-state index contributed by atoms with van der Waals surface area (Å²) in [4.78, 5) is 28.5. The number of fused-ring (bicyclic) bond motifs is 1. The molecular formula is C20H16Cl2N2O5. The zero-order chi connectivity index (χ0) is 21.1. The van der Waals surface area contributed by atoms with Crippen LogP contribution in [-0.2, 0) is 22.6 Å². The maximum absolute atomic E-state index is 12.7. The van der Waals surface area contributed by atoms with Crippen LogP contribution in [0, 0.1) is 5.21 Å². The van der Waals surface area contributed by atoms with Crippen LogP contribution < -0.4 is 9.47 Å². The van der Waals surface area contributed by atoms with Gasteiger partial charge in [-0.3, -0.25) is 9.59 Å². The number of halogens is 2. The first-order valence-corrected chi connectivity index (χ1v) is 9.26. The number of carbonyl (C=O) groups is 2. The van der Waals surface area contributed by atoms with Crippen LogP contribution in [0.2, 0.25) is 10.0 Å². The summed E-state index contributed by atoms with van der Waals surface area (Å²) in [7, 11) is 1.55. The number of esters is 1. The molecule has 29 heavy (non-hydrogen) atoms. The number of ketones is 1. The molecule has 0 N–H and O–H groups in total. The standard InChI is InChI=1S/C20H16Cl2N2O5/c1-11(25)20-17(23-16-8-14(21)15(22)9-18(16)24(20)27)10-29-19(26)7-12-3-5-13(28-2)6-4-12/h3-6,8-9H,7,10H2,1-2H3. The number of aromatic nitrogens is 2. The number of hydrogen-bond acceptors (Lipinski definition) is 6. The minimum Gasteiger partial charge on any atom is -0.618 e. The fraction of sp³-hybridized carbons (Fsp3) is 0.200. The van der Waals surface area contributed by atoms with E-state index >= 15 is 0 Å². The molecule has 0 aliphatic heterocycles. The van der Waals surface area contributed by atoms with Gasteiger partial charge >= 0.3 is 5.97 Å². The van der Waals surface area contributed by atoms with Gasteiger partial charge in [-0.2, -0.15) is 4.73 Å². The first kappa shape index (κ1) is 20.8. The van der Waals surface area contributed by atoms with Gasteiger partial charge in [-0.15, -0.1) is 0 Å². The van der Waals surface area contributed by atoms with Crippen LogP contribution in [0.5, 0.6) is 5.75 Å². The van der Waals surface area contributed by atoms with Crippen LogP contribution in [0.4, 0.5) is 0 Å². The lowest BCUT2D eigenvalue weighted by Crippen LogP contribution is -2.37. The first-order chi connectivity index (χ1) is 13.8. The lowest BCUT2D eigenvalue weighted by Gasteiger charge is -2.11. The minimum absolute atomic E-state index is 0.0196. The number of rotatable bonds is 6. The molecule has 0 saturated heterocycles. The monoisotopic (exact) mass is 434 g/mol. The van der Waals surface area contributed by atoms with Crippen LogP contribution in [0.25, 0.3) is 11.0 Å². The average Bonchev–Trinajstić information content (AvgIpc) is 2.68. The van der Waals surface area contributed by atoms with Crippen molar-refractivity contribution in [2.75, 3.05) is 7.11 Å². The van der Waals surface area contributed by atoms with Gasteiger partial charge in [-0.1, -0.05) is 35.3 Å². The van der Waals surface area contributed by atoms with E-state index in [1.807, 2.05) is 0 Å². The van der Waals surface area contributed by atoms with Crippen LogP contribution in [-0.4, -0.2) is 23.8 Å². The summed E-state index contributed by atoms with van der Waals surface area (Å²) < 4.78 is 10.7. The van der Waals surface area contributed by atoms with Crippen molar-refractivity contribution in [3.05, 3.63) is 68.6 Å². The van der Waals surface area contributed by atoms with E-state index in [0.717, 1.165) is 5.56 Å². The van der Waals surface area contributed by atoms with E-state index in [1.165, 1.54) is 19.1 Å². The third-order valence-electron chi connectivity index (χ3n) is 4.18. The highest BCUT2D eigenvalue weighted by Crippen LogP contribution is 2.26. The van der Waals surface area contributed by atoms with Gasteiger partial charge in [0.05, 0.1) is 23.6 Å². The predicted octanol–water partition coefficient (Wildman–Crippen LogP) is 3.67. The molecule has 3 rings (SSSR count). The number of methoxy groups -OCH3 is 1. The fourth-order valence-corrected chi connectivity index (χ4v) is 3.09. The zero-order valence-electron chi connectivity index (χ0n) is 15.6. The van der Waals surface area contributed by atoms with E-state index in [4.69, 9.17) is 32.7 Å². The van der Waals surface area contributed by atoms with Gasteiger partial charge in [0.1, 0.15) is 17.9 Å². The molecule has 0 fully saturated rings. The van der Waals surface area contributed by atoms with E-state index in [0.29, 0.717) is 10.5 Å². The molecule has 1 heterocycles. The molecule has 0 atom stereocenters. The van der Waals surface area contributed by atoms with E-state index in [-0.39, 0.29) is 45.5 Å². The molecule has 0 amide bonds. The molecule has 7 nitrogen and oxygen atoms in total. The van der Waals surface area contributed by atoms with Crippen molar-refractivity contribution in [2.24, 2.45) is 0 Å². The van der Waals surface area contributed by atoms with Crippen LogP contribution in [0.3, 0.4) is 0 Å². The van der Waals surface area contributed by atoms with Crippen molar-refractivity contribution >= 4 is 46.0 Å². The lowest BCUT2D eigenvalue weighted by molar-refractivity contribution is -0.580. The molecule has 0 saturated carbocycles. The Hall–Kier alpha value is -2.90. The molecule has 0 aliphatic rings. The Kier molecular flexibility index (Phi) is 6.20. The lowest BCUT2D eigenvalue weighted by atomic mass is 10.1. The molecule has 2 aromatic carbocycles. The predicted molar refractivity (Wildman–Crippen MR) is 107 cm³/mol. The SMILES string of the molecule is COc1ccc(CC(=O)OCc2nc3cc(Cl)c(Cl)cc3[n+]([O-])c2C(C)=O)cc1. The molecule has 1 aromatic heterocycles. The second-order valence-corrected chi connectivity index (χ2v) is 7.01. The Labute approximate surface area is 176 Å². The highest BCUT2D eigenvalue weighted by molar-refractivity contribution is 6.42.